The van der Waals surface area contributed by atoms with Crippen molar-refractivity contribution in [2.24, 2.45) is 0 Å². The minimum Gasteiger partial charge on any atom is -0.325 e. The minimum atomic E-state index is -0.250. The van der Waals surface area contributed by atoms with Gasteiger partial charge in [-0.25, -0.2) is 14.4 Å². The summed E-state index contributed by atoms with van der Waals surface area (Å²) in [5.74, 6) is 0.591. The summed E-state index contributed by atoms with van der Waals surface area (Å²) in [6.07, 6.45) is 5.27. The molecule has 168 valence electrons. The fraction of sp³-hybridized carbons (Fsp3) is 0.269. The quantitative estimate of drug-likeness (QED) is 0.442. The summed E-state index contributed by atoms with van der Waals surface area (Å²) in [5, 5.41) is 0.674. The summed E-state index contributed by atoms with van der Waals surface area (Å²) in [6.45, 7) is 3.41. The Morgan fingerprint density at radius 2 is 1.70 bits per heavy atom. The van der Waals surface area contributed by atoms with E-state index in [0.29, 0.717) is 5.39 Å². The van der Waals surface area contributed by atoms with Gasteiger partial charge in [-0.3, -0.25) is 9.36 Å². The van der Waals surface area contributed by atoms with E-state index in [-0.39, 0.29) is 17.4 Å². The highest BCUT2D eigenvalue weighted by molar-refractivity contribution is 5.76. The van der Waals surface area contributed by atoms with Gasteiger partial charge in [0.1, 0.15) is 11.6 Å². The van der Waals surface area contributed by atoms with E-state index in [4.69, 9.17) is 0 Å². The fourth-order valence-corrected chi connectivity index (χ4v) is 4.52. The fourth-order valence-electron chi connectivity index (χ4n) is 4.52. The summed E-state index contributed by atoms with van der Waals surface area (Å²) in [4.78, 5) is 26.4. The molecule has 1 aliphatic heterocycles. The van der Waals surface area contributed by atoms with Gasteiger partial charge in [-0.1, -0.05) is 18.2 Å². The van der Waals surface area contributed by atoms with E-state index in [0.717, 1.165) is 56.0 Å². The molecule has 1 aliphatic rings. The molecule has 0 N–H and O–H groups in total. The number of halogens is 1. The highest BCUT2D eigenvalue weighted by Gasteiger charge is 2.23. The van der Waals surface area contributed by atoms with Gasteiger partial charge in [-0.2, -0.15) is 0 Å². The molecule has 1 saturated heterocycles. The van der Waals surface area contributed by atoms with Crippen LogP contribution in [-0.2, 0) is 0 Å². The Balaban J connectivity index is 1.25. The van der Waals surface area contributed by atoms with Crippen molar-refractivity contribution >= 4 is 22.4 Å². The van der Waals surface area contributed by atoms with Crippen molar-refractivity contribution in [3.05, 3.63) is 95.4 Å². The van der Waals surface area contributed by atoms with E-state index < -0.39 is 0 Å². The lowest BCUT2D eigenvalue weighted by molar-refractivity contribution is 0.188. The number of pyridine rings is 1. The van der Waals surface area contributed by atoms with Gasteiger partial charge >= 0.3 is 0 Å². The molecular formula is C26H26FN5O. The summed E-state index contributed by atoms with van der Waals surface area (Å²) in [7, 11) is 0. The molecule has 0 unspecified atom stereocenters. The third-order valence-electron chi connectivity index (χ3n) is 6.34. The van der Waals surface area contributed by atoms with Crippen LogP contribution in [0.1, 0.15) is 18.9 Å². The van der Waals surface area contributed by atoms with Crippen molar-refractivity contribution in [1.82, 2.24) is 19.4 Å². The molecule has 7 heteroatoms. The molecule has 0 radical (unpaired) electrons. The van der Waals surface area contributed by atoms with Gasteiger partial charge < -0.3 is 9.80 Å². The third-order valence-corrected chi connectivity index (χ3v) is 6.34. The first kappa shape index (κ1) is 21.3. The van der Waals surface area contributed by atoms with Crippen LogP contribution in [0.5, 0.6) is 0 Å². The van der Waals surface area contributed by atoms with Crippen molar-refractivity contribution in [2.45, 2.75) is 18.9 Å². The highest BCUT2D eigenvalue weighted by atomic mass is 19.1. The first-order chi connectivity index (χ1) is 16.2. The molecule has 0 saturated carbocycles. The van der Waals surface area contributed by atoms with E-state index in [1.807, 2.05) is 42.5 Å². The smallest absolute Gasteiger partial charge is 0.261 e. The number of hydrogen-bond donors (Lipinski definition) is 0. The SMILES string of the molecule is O=c1c2ccccc2ncn1C1CCN(CCN(c2ccc(F)cc2)c2ccccn2)CC1. The molecular weight excluding hydrogens is 417 g/mol. The Hall–Kier alpha value is -3.58. The normalized spacial score (nSPS) is 15.1. The molecule has 0 spiro atoms. The molecule has 0 amide bonds. The molecule has 33 heavy (non-hydrogen) atoms. The topological polar surface area (TPSA) is 54.3 Å². The Labute approximate surface area is 191 Å². The van der Waals surface area contributed by atoms with E-state index in [9.17, 15) is 9.18 Å². The number of hydrogen-bond acceptors (Lipinski definition) is 5. The zero-order chi connectivity index (χ0) is 22.6. The average molecular weight is 444 g/mol. The van der Waals surface area contributed by atoms with Gasteiger partial charge in [0, 0.05) is 44.1 Å². The molecule has 3 heterocycles. The lowest BCUT2D eigenvalue weighted by Crippen LogP contribution is -2.40. The first-order valence-corrected chi connectivity index (χ1v) is 11.3. The second-order valence-electron chi connectivity index (χ2n) is 8.36. The number of aromatic nitrogens is 3. The number of nitrogens with zero attached hydrogens (tertiary/aromatic N) is 5. The second kappa shape index (κ2) is 9.50. The number of likely N-dealkylation sites (tertiary alicyclic amines) is 1. The molecule has 1 fully saturated rings. The van der Waals surface area contributed by atoms with Gasteiger partial charge in [0.2, 0.25) is 0 Å². The number of rotatable bonds is 6. The van der Waals surface area contributed by atoms with Crippen LogP contribution in [-0.4, -0.2) is 45.6 Å². The van der Waals surface area contributed by atoms with Crippen LogP contribution in [0.2, 0.25) is 0 Å². The lowest BCUT2D eigenvalue weighted by atomic mass is 10.0. The minimum absolute atomic E-state index is 0.0386. The van der Waals surface area contributed by atoms with Crippen LogP contribution in [0, 0.1) is 5.82 Å². The van der Waals surface area contributed by atoms with E-state index in [1.165, 1.54) is 12.1 Å². The number of para-hydroxylation sites is 1. The highest BCUT2D eigenvalue weighted by Crippen LogP contribution is 2.25. The van der Waals surface area contributed by atoms with Crippen LogP contribution >= 0.6 is 0 Å². The zero-order valence-corrected chi connectivity index (χ0v) is 18.3. The van der Waals surface area contributed by atoms with Crippen LogP contribution in [0.15, 0.2) is 84.0 Å². The molecule has 0 bridgehead atoms. The maximum absolute atomic E-state index is 13.4. The number of anilines is 2. The van der Waals surface area contributed by atoms with Gasteiger partial charge in [0.25, 0.3) is 5.56 Å². The standard InChI is InChI=1S/C26H26FN5O/c27-20-8-10-21(11-9-20)31(25-7-3-4-14-28-25)18-17-30-15-12-22(13-16-30)32-19-29-24-6-2-1-5-23(24)26(32)33/h1-11,14,19,22H,12-13,15-18H2. The Bertz CT molecular complexity index is 1270. The van der Waals surface area contributed by atoms with E-state index in [2.05, 4.69) is 19.8 Å². The van der Waals surface area contributed by atoms with Crippen LogP contribution in [0.4, 0.5) is 15.9 Å². The van der Waals surface area contributed by atoms with Gasteiger partial charge in [0.05, 0.1) is 17.2 Å². The molecule has 0 aliphatic carbocycles. The second-order valence-corrected chi connectivity index (χ2v) is 8.36. The van der Waals surface area contributed by atoms with Crippen molar-refractivity contribution in [3.63, 3.8) is 0 Å². The van der Waals surface area contributed by atoms with Crippen LogP contribution < -0.4 is 10.5 Å². The first-order valence-electron chi connectivity index (χ1n) is 11.3. The molecule has 2 aromatic carbocycles. The average Bonchev–Trinajstić information content (AvgIpc) is 2.87. The van der Waals surface area contributed by atoms with Crippen molar-refractivity contribution in [3.8, 4) is 0 Å². The molecule has 4 aromatic rings. The molecule has 6 nitrogen and oxygen atoms in total. The van der Waals surface area contributed by atoms with Gasteiger partial charge in [-0.05, 0) is 61.4 Å². The maximum atomic E-state index is 13.4. The predicted molar refractivity (Wildman–Crippen MR) is 128 cm³/mol. The summed E-state index contributed by atoms with van der Waals surface area (Å²) in [5.41, 5.74) is 1.70. The Morgan fingerprint density at radius 3 is 2.45 bits per heavy atom. The van der Waals surface area contributed by atoms with E-state index >= 15 is 0 Å². The van der Waals surface area contributed by atoms with Crippen molar-refractivity contribution in [1.29, 1.82) is 0 Å². The molecule has 2 aromatic heterocycles. The third kappa shape index (κ3) is 4.64. The lowest BCUT2D eigenvalue weighted by Gasteiger charge is -2.34. The van der Waals surface area contributed by atoms with Crippen molar-refractivity contribution < 1.29 is 4.39 Å². The monoisotopic (exact) mass is 443 g/mol. The molecule has 5 rings (SSSR count). The number of benzene rings is 2. The summed E-state index contributed by atoms with van der Waals surface area (Å²) in [6, 6.07) is 20.0. The summed E-state index contributed by atoms with van der Waals surface area (Å²) < 4.78 is 15.3. The maximum Gasteiger partial charge on any atom is 0.261 e. The molecule has 0 atom stereocenters. The van der Waals surface area contributed by atoms with Gasteiger partial charge in [-0.15, -0.1) is 0 Å². The summed E-state index contributed by atoms with van der Waals surface area (Å²) >= 11 is 0. The predicted octanol–water partition coefficient (Wildman–Crippen LogP) is 4.41. The zero-order valence-electron chi connectivity index (χ0n) is 18.3. The van der Waals surface area contributed by atoms with E-state index in [1.54, 1.807) is 29.2 Å². The number of fused-ring (bicyclic) bond motifs is 1. The van der Waals surface area contributed by atoms with Crippen molar-refractivity contribution in [2.75, 3.05) is 31.1 Å². The largest absolute Gasteiger partial charge is 0.325 e. The number of piperidine rings is 1. The van der Waals surface area contributed by atoms with Crippen LogP contribution in [0.25, 0.3) is 10.9 Å². The van der Waals surface area contributed by atoms with Crippen LogP contribution in [0.3, 0.4) is 0 Å². The van der Waals surface area contributed by atoms with Gasteiger partial charge in [0.15, 0.2) is 0 Å². The Kier molecular flexibility index (Phi) is 6.13. The Morgan fingerprint density at radius 1 is 0.939 bits per heavy atom.